The van der Waals surface area contributed by atoms with Gasteiger partial charge in [0.15, 0.2) is 0 Å². The van der Waals surface area contributed by atoms with Gasteiger partial charge in [-0.3, -0.25) is 4.79 Å². The maximum absolute atomic E-state index is 12.7. The van der Waals surface area contributed by atoms with Crippen LogP contribution in [0.5, 0.6) is 0 Å². The SMILES string of the molecule is CC(C)CC1(C(=O)CC2CCCC2)CCCC1. The number of Topliss-reactive ketones (excluding diaryl/α,β-unsaturated/α-hetero) is 1. The quantitative estimate of drug-likeness (QED) is 0.673. The second-order valence-corrected chi connectivity index (χ2v) is 6.86. The van der Waals surface area contributed by atoms with Crippen LogP contribution in [0.25, 0.3) is 0 Å². The summed E-state index contributed by atoms with van der Waals surface area (Å²) in [5, 5.41) is 0. The molecule has 2 rings (SSSR count). The summed E-state index contributed by atoms with van der Waals surface area (Å²) in [5.74, 6) is 2.02. The van der Waals surface area contributed by atoms with Crippen LogP contribution < -0.4 is 0 Å². The van der Waals surface area contributed by atoms with Crippen molar-refractivity contribution in [3.05, 3.63) is 0 Å². The zero-order chi connectivity index (χ0) is 12.3. The summed E-state index contributed by atoms with van der Waals surface area (Å²) in [6, 6.07) is 0. The highest BCUT2D eigenvalue weighted by Crippen LogP contribution is 2.46. The van der Waals surface area contributed by atoms with Crippen LogP contribution in [0, 0.1) is 17.3 Å². The Bertz CT molecular complexity index is 255. The van der Waals surface area contributed by atoms with Crippen LogP contribution in [0.2, 0.25) is 0 Å². The largest absolute Gasteiger partial charge is 0.299 e. The van der Waals surface area contributed by atoms with Gasteiger partial charge in [-0.15, -0.1) is 0 Å². The Hall–Kier alpha value is -0.330. The van der Waals surface area contributed by atoms with Crippen LogP contribution >= 0.6 is 0 Å². The second-order valence-electron chi connectivity index (χ2n) is 6.86. The summed E-state index contributed by atoms with van der Waals surface area (Å²) in [4.78, 5) is 12.7. The summed E-state index contributed by atoms with van der Waals surface area (Å²) in [5.41, 5.74) is 0.0940. The predicted molar refractivity (Wildman–Crippen MR) is 71.9 cm³/mol. The molecule has 2 aliphatic rings. The minimum atomic E-state index is 0.0940. The minimum Gasteiger partial charge on any atom is -0.299 e. The number of carbonyl (C=O) groups is 1. The molecule has 0 atom stereocenters. The Balaban J connectivity index is 1.97. The fourth-order valence-electron chi connectivity index (χ4n) is 4.12. The molecule has 1 heteroatoms. The maximum Gasteiger partial charge on any atom is 0.139 e. The molecule has 0 aliphatic heterocycles. The Morgan fingerprint density at radius 3 is 2.24 bits per heavy atom. The Kier molecular flexibility index (Phi) is 4.27. The highest BCUT2D eigenvalue weighted by atomic mass is 16.1. The summed E-state index contributed by atoms with van der Waals surface area (Å²) in [6.07, 6.45) is 12.3. The summed E-state index contributed by atoms with van der Waals surface area (Å²) in [6.45, 7) is 4.53. The number of carbonyl (C=O) groups excluding carboxylic acids is 1. The first kappa shape index (κ1) is 13.1. The highest BCUT2D eigenvalue weighted by molar-refractivity contribution is 5.85. The van der Waals surface area contributed by atoms with Crippen molar-refractivity contribution in [2.24, 2.45) is 17.3 Å². The van der Waals surface area contributed by atoms with Crippen LogP contribution in [-0.4, -0.2) is 5.78 Å². The van der Waals surface area contributed by atoms with Gasteiger partial charge in [0.2, 0.25) is 0 Å². The van der Waals surface area contributed by atoms with E-state index in [2.05, 4.69) is 13.8 Å². The molecule has 0 N–H and O–H groups in total. The van der Waals surface area contributed by atoms with Crippen molar-refractivity contribution < 1.29 is 4.79 Å². The molecular weight excluding hydrogens is 208 g/mol. The van der Waals surface area contributed by atoms with Crippen molar-refractivity contribution >= 4 is 5.78 Å². The summed E-state index contributed by atoms with van der Waals surface area (Å²) < 4.78 is 0. The zero-order valence-electron chi connectivity index (χ0n) is 11.6. The van der Waals surface area contributed by atoms with Gasteiger partial charge in [-0.05, 0) is 31.1 Å². The molecule has 0 aromatic carbocycles. The number of hydrogen-bond acceptors (Lipinski definition) is 1. The lowest BCUT2D eigenvalue weighted by molar-refractivity contribution is -0.130. The molecule has 2 aliphatic carbocycles. The fraction of sp³-hybridized carbons (Fsp3) is 0.938. The molecule has 17 heavy (non-hydrogen) atoms. The van der Waals surface area contributed by atoms with Crippen molar-refractivity contribution in [2.75, 3.05) is 0 Å². The molecule has 0 aromatic heterocycles. The van der Waals surface area contributed by atoms with Crippen molar-refractivity contribution in [3.63, 3.8) is 0 Å². The minimum absolute atomic E-state index is 0.0940. The van der Waals surface area contributed by atoms with E-state index in [0.29, 0.717) is 11.7 Å². The first-order valence-corrected chi connectivity index (χ1v) is 7.66. The average Bonchev–Trinajstić information content (AvgIpc) is 2.88. The molecule has 0 bridgehead atoms. The van der Waals surface area contributed by atoms with E-state index in [-0.39, 0.29) is 5.41 Å². The average molecular weight is 236 g/mol. The standard InChI is InChI=1S/C16H28O/c1-13(2)12-16(9-5-6-10-16)15(17)11-14-7-3-4-8-14/h13-14H,3-12H2,1-2H3. The van der Waals surface area contributed by atoms with Crippen LogP contribution in [0.4, 0.5) is 0 Å². The number of hydrogen-bond donors (Lipinski definition) is 0. The summed E-state index contributed by atoms with van der Waals surface area (Å²) in [7, 11) is 0. The Morgan fingerprint density at radius 2 is 1.71 bits per heavy atom. The van der Waals surface area contributed by atoms with E-state index in [1.54, 1.807) is 0 Å². The molecule has 98 valence electrons. The lowest BCUT2D eigenvalue weighted by Gasteiger charge is -2.30. The molecule has 1 nitrogen and oxygen atoms in total. The third-order valence-corrected chi connectivity index (χ3v) is 4.90. The molecular formula is C16H28O. The summed E-state index contributed by atoms with van der Waals surface area (Å²) >= 11 is 0. The van der Waals surface area contributed by atoms with E-state index in [1.807, 2.05) is 0 Å². The predicted octanol–water partition coefficient (Wildman–Crippen LogP) is 4.74. The molecule has 2 fully saturated rings. The van der Waals surface area contributed by atoms with E-state index in [0.717, 1.165) is 18.8 Å². The lowest BCUT2D eigenvalue weighted by atomic mass is 9.72. The molecule has 0 saturated heterocycles. The molecule has 0 unspecified atom stereocenters. The molecule has 0 heterocycles. The normalized spacial score (nSPS) is 24.6. The van der Waals surface area contributed by atoms with Crippen LogP contribution in [0.15, 0.2) is 0 Å². The molecule has 2 saturated carbocycles. The van der Waals surface area contributed by atoms with Gasteiger partial charge in [0.05, 0.1) is 0 Å². The first-order valence-electron chi connectivity index (χ1n) is 7.66. The number of ketones is 1. The van der Waals surface area contributed by atoms with E-state index in [1.165, 1.54) is 51.4 Å². The molecule has 0 amide bonds. The third kappa shape index (κ3) is 3.11. The van der Waals surface area contributed by atoms with Gasteiger partial charge >= 0.3 is 0 Å². The fourth-order valence-corrected chi connectivity index (χ4v) is 4.12. The van der Waals surface area contributed by atoms with Crippen molar-refractivity contribution in [1.29, 1.82) is 0 Å². The van der Waals surface area contributed by atoms with Crippen molar-refractivity contribution in [2.45, 2.75) is 78.1 Å². The number of rotatable bonds is 5. The molecule has 0 radical (unpaired) electrons. The zero-order valence-corrected chi connectivity index (χ0v) is 11.6. The monoisotopic (exact) mass is 236 g/mol. The van der Waals surface area contributed by atoms with Gasteiger partial charge in [-0.2, -0.15) is 0 Å². The van der Waals surface area contributed by atoms with E-state index in [4.69, 9.17) is 0 Å². The third-order valence-electron chi connectivity index (χ3n) is 4.90. The molecule has 0 aromatic rings. The van der Waals surface area contributed by atoms with Crippen LogP contribution in [-0.2, 0) is 4.79 Å². The smallest absolute Gasteiger partial charge is 0.139 e. The highest BCUT2D eigenvalue weighted by Gasteiger charge is 2.41. The van der Waals surface area contributed by atoms with E-state index < -0.39 is 0 Å². The van der Waals surface area contributed by atoms with Gasteiger partial charge in [-0.1, -0.05) is 52.4 Å². The Labute approximate surface area is 106 Å². The molecule has 0 spiro atoms. The first-order chi connectivity index (χ1) is 8.12. The van der Waals surface area contributed by atoms with E-state index in [9.17, 15) is 4.79 Å². The van der Waals surface area contributed by atoms with E-state index >= 15 is 0 Å². The van der Waals surface area contributed by atoms with Gasteiger partial charge in [-0.25, -0.2) is 0 Å². The van der Waals surface area contributed by atoms with Crippen molar-refractivity contribution in [1.82, 2.24) is 0 Å². The van der Waals surface area contributed by atoms with Gasteiger partial charge < -0.3 is 0 Å². The van der Waals surface area contributed by atoms with Crippen molar-refractivity contribution in [3.8, 4) is 0 Å². The topological polar surface area (TPSA) is 17.1 Å². The van der Waals surface area contributed by atoms with Gasteiger partial charge in [0, 0.05) is 11.8 Å². The van der Waals surface area contributed by atoms with Gasteiger partial charge in [0.1, 0.15) is 5.78 Å². The lowest BCUT2D eigenvalue weighted by Crippen LogP contribution is -2.31. The van der Waals surface area contributed by atoms with Gasteiger partial charge in [0.25, 0.3) is 0 Å². The van der Waals surface area contributed by atoms with Crippen LogP contribution in [0.1, 0.15) is 78.1 Å². The second kappa shape index (κ2) is 5.54. The van der Waals surface area contributed by atoms with Crippen LogP contribution in [0.3, 0.4) is 0 Å². The maximum atomic E-state index is 12.7. The Morgan fingerprint density at radius 1 is 1.12 bits per heavy atom.